The van der Waals surface area contributed by atoms with Gasteiger partial charge in [-0.1, -0.05) is 41.9 Å². The van der Waals surface area contributed by atoms with Gasteiger partial charge in [-0.25, -0.2) is 18.3 Å². The molecule has 128 valence electrons. The fourth-order valence-corrected chi connectivity index (χ4v) is 2.70. The zero-order valence-electron chi connectivity index (χ0n) is 13.2. The number of hydrogen-bond acceptors (Lipinski definition) is 3. The number of benzene rings is 2. The molecule has 0 unspecified atom stereocenters. The second-order valence-electron chi connectivity index (χ2n) is 5.11. The standard InChI is InChI=1S/C18H13ClF2N2O2/c1-2-25-18(24)16-15(19)17(11-6-4-3-5-7-11)23(22-16)14-10-12(20)8-9-13(14)21/h3-10H,2H2,1H3. The smallest absolute Gasteiger partial charge is 0.360 e. The van der Waals surface area contributed by atoms with Gasteiger partial charge in [-0.05, 0) is 19.1 Å². The normalized spacial score (nSPS) is 10.7. The van der Waals surface area contributed by atoms with Crippen molar-refractivity contribution in [2.75, 3.05) is 6.61 Å². The number of nitrogens with zero attached hydrogens (tertiary/aromatic N) is 2. The van der Waals surface area contributed by atoms with Gasteiger partial charge in [0.15, 0.2) is 5.69 Å². The Morgan fingerprint density at radius 3 is 2.60 bits per heavy atom. The van der Waals surface area contributed by atoms with Crippen LogP contribution in [0.2, 0.25) is 5.02 Å². The first-order valence-corrected chi connectivity index (χ1v) is 7.87. The van der Waals surface area contributed by atoms with E-state index < -0.39 is 17.6 Å². The van der Waals surface area contributed by atoms with E-state index in [9.17, 15) is 13.6 Å². The van der Waals surface area contributed by atoms with Gasteiger partial charge in [0.25, 0.3) is 0 Å². The Kier molecular flexibility index (Phi) is 4.81. The minimum absolute atomic E-state index is 0.00770. The summed E-state index contributed by atoms with van der Waals surface area (Å²) in [5, 5.41) is 4.09. The Morgan fingerprint density at radius 2 is 1.92 bits per heavy atom. The Balaban J connectivity index is 2.28. The van der Waals surface area contributed by atoms with Gasteiger partial charge in [0.05, 0.1) is 12.3 Å². The van der Waals surface area contributed by atoms with Gasteiger partial charge < -0.3 is 4.74 Å². The Hall–Kier alpha value is -2.73. The molecule has 0 radical (unpaired) electrons. The maximum absolute atomic E-state index is 14.3. The van der Waals surface area contributed by atoms with Crippen LogP contribution in [0.1, 0.15) is 17.4 Å². The van der Waals surface area contributed by atoms with Gasteiger partial charge in [-0.15, -0.1) is 0 Å². The topological polar surface area (TPSA) is 44.1 Å². The van der Waals surface area contributed by atoms with Crippen molar-refractivity contribution in [2.24, 2.45) is 0 Å². The molecule has 0 aliphatic carbocycles. The van der Waals surface area contributed by atoms with Crippen LogP contribution in [0.3, 0.4) is 0 Å². The summed E-state index contributed by atoms with van der Waals surface area (Å²) in [6, 6.07) is 11.7. The lowest BCUT2D eigenvalue weighted by molar-refractivity contribution is 0.0519. The van der Waals surface area contributed by atoms with Gasteiger partial charge in [0.2, 0.25) is 0 Å². The molecule has 4 nitrogen and oxygen atoms in total. The van der Waals surface area contributed by atoms with E-state index in [1.807, 2.05) is 0 Å². The molecule has 1 heterocycles. The van der Waals surface area contributed by atoms with E-state index in [2.05, 4.69) is 5.10 Å². The summed E-state index contributed by atoms with van der Waals surface area (Å²) in [6.07, 6.45) is 0. The van der Waals surface area contributed by atoms with E-state index in [1.54, 1.807) is 37.3 Å². The molecule has 3 aromatic rings. The number of halogens is 3. The third kappa shape index (κ3) is 3.25. The second kappa shape index (κ2) is 7.03. The lowest BCUT2D eigenvalue weighted by Gasteiger charge is -2.09. The fourth-order valence-electron chi connectivity index (χ4n) is 2.40. The largest absolute Gasteiger partial charge is 0.461 e. The zero-order chi connectivity index (χ0) is 18.0. The Morgan fingerprint density at radius 1 is 1.20 bits per heavy atom. The predicted octanol–water partition coefficient (Wildman–Crippen LogP) is 4.65. The van der Waals surface area contributed by atoms with Gasteiger partial charge >= 0.3 is 5.97 Å². The average Bonchev–Trinajstić information content (AvgIpc) is 2.95. The summed E-state index contributed by atoms with van der Waals surface area (Å²) in [6.45, 7) is 1.78. The molecule has 1 aromatic heterocycles. The minimum atomic E-state index is -0.736. The highest BCUT2D eigenvalue weighted by molar-refractivity contribution is 6.35. The van der Waals surface area contributed by atoms with Crippen LogP contribution in [-0.2, 0) is 4.74 Å². The molecule has 25 heavy (non-hydrogen) atoms. The summed E-state index contributed by atoms with van der Waals surface area (Å²) < 4.78 is 33.9. The molecule has 0 aliphatic rings. The van der Waals surface area contributed by atoms with Crippen LogP contribution in [0.4, 0.5) is 8.78 Å². The SMILES string of the molecule is CCOC(=O)c1nn(-c2cc(F)ccc2F)c(-c2ccccc2)c1Cl. The van der Waals surface area contributed by atoms with Crippen LogP contribution < -0.4 is 0 Å². The maximum Gasteiger partial charge on any atom is 0.360 e. The zero-order valence-corrected chi connectivity index (χ0v) is 13.9. The third-order valence-corrected chi connectivity index (χ3v) is 3.84. The molecular weight excluding hydrogens is 350 g/mol. The first-order chi connectivity index (χ1) is 12.0. The average molecular weight is 363 g/mol. The van der Waals surface area contributed by atoms with E-state index >= 15 is 0 Å². The van der Waals surface area contributed by atoms with E-state index in [0.29, 0.717) is 5.56 Å². The summed E-state index contributed by atoms with van der Waals surface area (Å²) in [5.74, 6) is -2.08. The number of esters is 1. The van der Waals surface area contributed by atoms with Gasteiger partial charge in [0.1, 0.15) is 22.3 Å². The van der Waals surface area contributed by atoms with Crippen LogP contribution in [0.25, 0.3) is 16.9 Å². The predicted molar refractivity (Wildman–Crippen MR) is 89.9 cm³/mol. The molecule has 0 N–H and O–H groups in total. The fraction of sp³-hybridized carbons (Fsp3) is 0.111. The quantitative estimate of drug-likeness (QED) is 0.635. The molecule has 0 amide bonds. The van der Waals surface area contributed by atoms with Crippen LogP contribution in [-0.4, -0.2) is 22.4 Å². The van der Waals surface area contributed by atoms with Crippen LogP contribution in [0, 0.1) is 11.6 Å². The highest BCUT2D eigenvalue weighted by Crippen LogP contribution is 2.34. The van der Waals surface area contributed by atoms with Gasteiger partial charge in [-0.3, -0.25) is 0 Å². The molecule has 0 spiro atoms. The van der Waals surface area contributed by atoms with Gasteiger partial charge in [-0.2, -0.15) is 5.10 Å². The first kappa shape index (κ1) is 17.1. The third-order valence-electron chi connectivity index (χ3n) is 3.48. The summed E-state index contributed by atoms with van der Waals surface area (Å²) in [5.41, 5.74) is 0.552. The van der Waals surface area contributed by atoms with Crippen LogP contribution in [0.5, 0.6) is 0 Å². The van der Waals surface area contributed by atoms with Crippen molar-refractivity contribution in [3.8, 4) is 16.9 Å². The number of aromatic nitrogens is 2. The van der Waals surface area contributed by atoms with Crippen molar-refractivity contribution in [1.29, 1.82) is 0 Å². The number of rotatable bonds is 4. The molecule has 0 bridgehead atoms. The Labute approximate surface area is 147 Å². The number of carbonyl (C=O) groups excluding carboxylic acids is 1. The number of ether oxygens (including phenoxy) is 1. The maximum atomic E-state index is 14.3. The van der Waals surface area contributed by atoms with Crippen molar-refractivity contribution in [2.45, 2.75) is 6.92 Å². The second-order valence-corrected chi connectivity index (χ2v) is 5.48. The van der Waals surface area contributed by atoms with Crippen molar-refractivity contribution in [3.05, 3.63) is 70.9 Å². The molecule has 3 rings (SSSR count). The van der Waals surface area contributed by atoms with Crippen molar-refractivity contribution >= 4 is 17.6 Å². The van der Waals surface area contributed by atoms with Crippen molar-refractivity contribution in [3.63, 3.8) is 0 Å². The molecule has 7 heteroatoms. The molecular formula is C18H13ClF2N2O2. The highest BCUT2D eigenvalue weighted by atomic mass is 35.5. The molecule has 2 aromatic carbocycles. The van der Waals surface area contributed by atoms with E-state index in [-0.39, 0.29) is 28.7 Å². The molecule has 0 atom stereocenters. The minimum Gasteiger partial charge on any atom is -0.461 e. The van der Waals surface area contributed by atoms with Crippen molar-refractivity contribution in [1.82, 2.24) is 9.78 Å². The van der Waals surface area contributed by atoms with Crippen molar-refractivity contribution < 1.29 is 18.3 Å². The summed E-state index contributed by atoms with van der Waals surface area (Å²) in [7, 11) is 0. The van der Waals surface area contributed by atoms with Crippen LogP contribution in [0.15, 0.2) is 48.5 Å². The van der Waals surface area contributed by atoms with E-state index in [0.717, 1.165) is 22.9 Å². The van der Waals surface area contributed by atoms with Crippen LogP contribution >= 0.6 is 11.6 Å². The van der Waals surface area contributed by atoms with E-state index in [1.165, 1.54) is 0 Å². The number of carbonyl (C=O) groups is 1. The number of hydrogen-bond donors (Lipinski definition) is 0. The summed E-state index contributed by atoms with van der Waals surface area (Å²) in [4.78, 5) is 12.1. The lowest BCUT2D eigenvalue weighted by atomic mass is 10.1. The Bertz CT molecular complexity index is 926. The molecule has 0 saturated heterocycles. The van der Waals surface area contributed by atoms with E-state index in [4.69, 9.17) is 16.3 Å². The highest BCUT2D eigenvalue weighted by Gasteiger charge is 2.25. The lowest BCUT2D eigenvalue weighted by Crippen LogP contribution is -2.08. The monoisotopic (exact) mass is 362 g/mol. The molecule has 0 fully saturated rings. The first-order valence-electron chi connectivity index (χ1n) is 7.49. The van der Waals surface area contributed by atoms with Gasteiger partial charge in [0, 0.05) is 11.6 Å². The summed E-state index contributed by atoms with van der Waals surface area (Å²) >= 11 is 6.34. The molecule has 0 aliphatic heterocycles. The molecule has 0 saturated carbocycles.